The van der Waals surface area contributed by atoms with Crippen LogP contribution in [0.25, 0.3) is 31.1 Å². The van der Waals surface area contributed by atoms with Gasteiger partial charge in [-0.25, -0.2) is 0 Å². The van der Waals surface area contributed by atoms with Crippen LogP contribution in [0.3, 0.4) is 0 Å². The van der Waals surface area contributed by atoms with E-state index in [1.165, 1.54) is 28.7 Å². The van der Waals surface area contributed by atoms with E-state index in [0.717, 1.165) is 4.01 Å². The van der Waals surface area contributed by atoms with Gasteiger partial charge in [-0.05, 0) is 18.2 Å². The first-order valence-corrected chi connectivity index (χ1v) is 10.1. The van der Waals surface area contributed by atoms with Gasteiger partial charge in [0.2, 0.25) is 11.7 Å². The molecule has 29 heavy (non-hydrogen) atoms. The summed E-state index contributed by atoms with van der Waals surface area (Å²) in [5.41, 5.74) is 14.1. The lowest BCUT2D eigenvalue weighted by Crippen LogP contribution is -2.03. The number of hydrogen-bond donors (Lipinski definition) is 3. The lowest BCUT2D eigenvalue weighted by molar-refractivity contribution is 0.104. The van der Waals surface area contributed by atoms with Gasteiger partial charge in [-0.15, -0.1) is 32.9 Å². The van der Waals surface area contributed by atoms with Crippen LogP contribution in [0.2, 0.25) is 0 Å². The van der Waals surface area contributed by atoms with Crippen LogP contribution in [0.1, 0.15) is 21.1 Å². The van der Waals surface area contributed by atoms with E-state index in [1.807, 2.05) is 0 Å². The highest BCUT2D eigenvalue weighted by molar-refractivity contribution is 7.41. The number of rotatable bonds is 3. The predicted octanol–water partition coefficient (Wildman–Crippen LogP) is 3.97. The zero-order valence-electron chi connectivity index (χ0n) is 15.0. The molecule has 0 atom stereocenters. The Morgan fingerprint density at radius 3 is 2.69 bits per heavy atom. The second-order valence-corrected chi connectivity index (χ2v) is 8.64. The number of nitrogens with zero attached hydrogens (tertiary/aromatic N) is 3. The second-order valence-electron chi connectivity index (χ2n) is 6.34. The SMILES string of the molecule is Cc1nnc(-c2sc3sc(C(=O)c4ccc(O)c5ncccc45)c(N)c3c2N)o1. The van der Waals surface area contributed by atoms with Crippen LogP contribution in [0.4, 0.5) is 11.4 Å². The Labute approximate surface area is 171 Å². The van der Waals surface area contributed by atoms with Crippen LogP contribution in [-0.4, -0.2) is 26.1 Å². The number of pyridine rings is 1. The van der Waals surface area contributed by atoms with Crippen molar-refractivity contribution in [2.24, 2.45) is 0 Å². The number of fused-ring (bicyclic) bond motifs is 2. The molecule has 4 aromatic heterocycles. The number of aromatic hydroxyl groups is 1. The van der Waals surface area contributed by atoms with Crippen molar-refractivity contribution in [2.75, 3.05) is 11.5 Å². The normalized spacial score (nSPS) is 11.5. The van der Waals surface area contributed by atoms with Gasteiger partial charge in [-0.3, -0.25) is 9.78 Å². The standard InChI is InChI=1S/C19H13N5O3S2/c1-7-23-24-18(27-7)17-13(21)11-12(20)16(28-19(11)29-17)15(26)9-4-5-10(25)14-8(9)3-2-6-22-14/h2-6,25H,20-21H2,1H3. The van der Waals surface area contributed by atoms with Crippen molar-refractivity contribution in [3.05, 3.63) is 46.8 Å². The highest BCUT2D eigenvalue weighted by atomic mass is 32.2. The summed E-state index contributed by atoms with van der Waals surface area (Å²) in [6, 6.07) is 6.49. The van der Waals surface area contributed by atoms with E-state index in [4.69, 9.17) is 15.9 Å². The number of carbonyl (C=O) groups excluding carboxylic acids is 1. The molecule has 0 aliphatic carbocycles. The Morgan fingerprint density at radius 1 is 1.14 bits per heavy atom. The first-order chi connectivity index (χ1) is 14.0. The van der Waals surface area contributed by atoms with Gasteiger partial charge < -0.3 is 21.0 Å². The van der Waals surface area contributed by atoms with E-state index in [0.29, 0.717) is 54.8 Å². The molecule has 144 valence electrons. The third-order valence-electron chi connectivity index (χ3n) is 4.54. The molecule has 0 aliphatic heterocycles. The number of carbonyl (C=O) groups is 1. The molecular formula is C19H13N5O3S2. The summed E-state index contributed by atoms with van der Waals surface area (Å²) >= 11 is 2.62. The van der Waals surface area contributed by atoms with Crippen molar-refractivity contribution >= 4 is 60.1 Å². The Balaban J connectivity index is 1.66. The van der Waals surface area contributed by atoms with E-state index in [9.17, 15) is 9.90 Å². The van der Waals surface area contributed by atoms with Crippen LogP contribution in [-0.2, 0) is 0 Å². The first kappa shape index (κ1) is 17.6. The molecule has 8 nitrogen and oxygen atoms in total. The highest BCUT2D eigenvalue weighted by Gasteiger charge is 2.26. The number of phenols is 1. The van der Waals surface area contributed by atoms with Gasteiger partial charge >= 0.3 is 0 Å². The van der Waals surface area contributed by atoms with Crippen molar-refractivity contribution in [1.82, 2.24) is 15.2 Å². The fraction of sp³-hybridized carbons (Fsp3) is 0.0526. The number of anilines is 2. The molecule has 10 heteroatoms. The molecule has 0 spiro atoms. The van der Waals surface area contributed by atoms with Crippen LogP contribution in [0.15, 0.2) is 34.9 Å². The molecule has 0 amide bonds. The molecule has 0 fully saturated rings. The lowest BCUT2D eigenvalue weighted by atomic mass is 10.0. The third-order valence-corrected chi connectivity index (χ3v) is 7.03. The van der Waals surface area contributed by atoms with E-state index >= 15 is 0 Å². The maximum atomic E-state index is 13.3. The van der Waals surface area contributed by atoms with Gasteiger partial charge in [0.15, 0.2) is 0 Å². The number of phenolic OH excluding ortho intramolecular Hbond substituents is 1. The highest BCUT2D eigenvalue weighted by Crippen LogP contribution is 2.48. The quantitative estimate of drug-likeness (QED) is 0.370. The molecule has 5 aromatic rings. The topological polar surface area (TPSA) is 141 Å². The number of hydrogen-bond acceptors (Lipinski definition) is 10. The summed E-state index contributed by atoms with van der Waals surface area (Å²) in [6.45, 7) is 1.70. The summed E-state index contributed by atoms with van der Waals surface area (Å²) in [7, 11) is 0. The van der Waals surface area contributed by atoms with E-state index < -0.39 is 0 Å². The second kappa shape index (κ2) is 6.26. The minimum absolute atomic E-state index is 0.0148. The maximum absolute atomic E-state index is 13.3. The van der Waals surface area contributed by atoms with Crippen molar-refractivity contribution in [3.63, 3.8) is 0 Å². The number of aryl methyl sites for hydroxylation is 1. The number of benzene rings is 1. The summed E-state index contributed by atoms with van der Waals surface area (Å²) in [5.74, 6) is 0.536. The number of ketones is 1. The Bertz CT molecular complexity index is 1430. The number of thiophene rings is 2. The van der Waals surface area contributed by atoms with E-state index in [2.05, 4.69) is 15.2 Å². The number of aromatic nitrogens is 3. The number of nitrogen functional groups attached to an aromatic ring is 2. The summed E-state index contributed by atoms with van der Waals surface area (Å²) in [4.78, 5) is 18.5. The minimum Gasteiger partial charge on any atom is -0.506 e. The molecule has 0 aliphatic rings. The number of nitrogens with two attached hydrogens (primary N) is 2. The summed E-state index contributed by atoms with van der Waals surface area (Å²) < 4.78 is 6.27. The zero-order chi connectivity index (χ0) is 20.3. The largest absolute Gasteiger partial charge is 0.506 e. The molecule has 5 N–H and O–H groups in total. The van der Waals surface area contributed by atoms with Crippen LogP contribution in [0.5, 0.6) is 5.75 Å². The third kappa shape index (κ3) is 2.57. The Morgan fingerprint density at radius 2 is 1.97 bits per heavy atom. The molecule has 0 unspecified atom stereocenters. The zero-order valence-corrected chi connectivity index (χ0v) is 16.6. The average molecular weight is 423 g/mol. The smallest absolute Gasteiger partial charge is 0.259 e. The molecule has 4 heterocycles. The van der Waals surface area contributed by atoms with Gasteiger partial charge in [-0.1, -0.05) is 6.07 Å². The van der Waals surface area contributed by atoms with E-state index in [-0.39, 0.29) is 11.5 Å². The molecule has 5 rings (SSSR count). The van der Waals surface area contributed by atoms with Crippen molar-refractivity contribution in [3.8, 4) is 16.5 Å². The molecule has 0 bridgehead atoms. The van der Waals surface area contributed by atoms with Crippen LogP contribution < -0.4 is 11.5 Å². The molecule has 0 radical (unpaired) electrons. The van der Waals surface area contributed by atoms with E-state index in [1.54, 1.807) is 31.3 Å². The van der Waals surface area contributed by atoms with Crippen molar-refractivity contribution < 1.29 is 14.3 Å². The Hall–Kier alpha value is -3.50. The van der Waals surface area contributed by atoms with Crippen molar-refractivity contribution in [2.45, 2.75) is 6.92 Å². The average Bonchev–Trinajstić information content (AvgIpc) is 3.37. The van der Waals surface area contributed by atoms with Gasteiger partial charge in [-0.2, -0.15) is 0 Å². The summed E-state index contributed by atoms with van der Waals surface area (Å²) in [5, 5.41) is 19.0. The van der Waals surface area contributed by atoms with Gasteiger partial charge in [0, 0.05) is 24.1 Å². The van der Waals surface area contributed by atoms with Crippen LogP contribution in [0, 0.1) is 6.92 Å². The first-order valence-electron chi connectivity index (χ1n) is 8.47. The van der Waals surface area contributed by atoms with Gasteiger partial charge in [0.25, 0.3) is 5.89 Å². The lowest BCUT2D eigenvalue weighted by Gasteiger charge is -2.06. The fourth-order valence-electron chi connectivity index (χ4n) is 3.20. The van der Waals surface area contributed by atoms with Crippen LogP contribution >= 0.6 is 22.7 Å². The molecule has 0 saturated carbocycles. The van der Waals surface area contributed by atoms with Crippen molar-refractivity contribution in [1.29, 1.82) is 0 Å². The predicted molar refractivity (Wildman–Crippen MR) is 113 cm³/mol. The molecular weight excluding hydrogens is 410 g/mol. The molecule has 1 aromatic carbocycles. The minimum atomic E-state index is -0.247. The fourth-order valence-corrected chi connectivity index (χ4v) is 5.68. The maximum Gasteiger partial charge on any atom is 0.259 e. The van der Waals surface area contributed by atoms with Gasteiger partial charge in [0.1, 0.15) is 21.0 Å². The summed E-state index contributed by atoms with van der Waals surface area (Å²) in [6.07, 6.45) is 1.56. The monoisotopic (exact) mass is 423 g/mol. The Kier molecular flexibility index (Phi) is 3.80. The van der Waals surface area contributed by atoms with Gasteiger partial charge in [0.05, 0.1) is 20.8 Å². The molecule has 0 saturated heterocycles.